The molecule has 168 valence electrons. The molecule has 1 N–H and O–H groups in total. The van der Waals surface area contributed by atoms with Gasteiger partial charge in [0.25, 0.3) is 5.91 Å². The molecule has 1 saturated heterocycles. The van der Waals surface area contributed by atoms with E-state index in [2.05, 4.69) is 4.98 Å². The zero-order valence-electron chi connectivity index (χ0n) is 17.9. The van der Waals surface area contributed by atoms with Crippen LogP contribution in [-0.2, 0) is 4.79 Å². The number of hydrogen-bond donors (Lipinski definition) is 1. The number of aliphatic imine (C=N–C) groups is 1. The van der Waals surface area contributed by atoms with Crippen molar-refractivity contribution in [2.45, 2.75) is 38.1 Å². The van der Waals surface area contributed by atoms with Gasteiger partial charge in [-0.1, -0.05) is 30.9 Å². The number of hydrogen-bond acceptors (Lipinski definition) is 7. The van der Waals surface area contributed by atoms with Gasteiger partial charge in [0.2, 0.25) is 5.75 Å². The van der Waals surface area contributed by atoms with Crippen LogP contribution in [-0.4, -0.2) is 46.3 Å². The van der Waals surface area contributed by atoms with Crippen LogP contribution in [0.1, 0.15) is 37.7 Å². The molecule has 0 atom stereocenters. The fourth-order valence-corrected chi connectivity index (χ4v) is 5.15. The van der Waals surface area contributed by atoms with Crippen LogP contribution < -0.4 is 9.47 Å². The number of carbonyl (C=O) groups excluding carboxylic acids is 1. The molecule has 2 fully saturated rings. The fourth-order valence-electron chi connectivity index (χ4n) is 3.94. The highest BCUT2D eigenvalue weighted by Crippen LogP contribution is 2.41. The number of amides is 1. The van der Waals surface area contributed by atoms with Crippen LogP contribution in [0.4, 0.5) is 5.69 Å². The normalized spacial score (nSPS) is 19.7. The molecule has 0 radical (unpaired) electrons. The van der Waals surface area contributed by atoms with Gasteiger partial charge in [0.15, 0.2) is 21.8 Å². The Kier molecular flexibility index (Phi) is 6.91. The number of rotatable bonds is 5. The summed E-state index contributed by atoms with van der Waals surface area (Å²) in [6, 6.07) is 6.98. The van der Waals surface area contributed by atoms with E-state index in [-0.39, 0.29) is 29.2 Å². The lowest BCUT2D eigenvalue weighted by atomic mass is 9.94. The largest absolute Gasteiger partial charge is 0.502 e. The average molecular weight is 474 g/mol. The zero-order valence-corrected chi connectivity index (χ0v) is 19.4. The van der Waals surface area contributed by atoms with Crippen LogP contribution in [0.3, 0.4) is 0 Å². The summed E-state index contributed by atoms with van der Waals surface area (Å²) in [5, 5.41) is 11.1. The number of nitrogens with zero attached hydrogens (tertiary/aromatic N) is 3. The molecule has 7 nitrogen and oxygen atoms in total. The van der Waals surface area contributed by atoms with Crippen LogP contribution in [0.25, 0.3) is 6.08 Å². The van der Waals surface area contributed by atoms with Gasteiger partial charge < -0.3 is 14.6 Å². The number of aromatic nitrogens is 1. The van der Waals surface area contributed by atoms with Gasteiger partial charge in [0.1, 0.15) is 5.69 Å². The van der Waals surface area contributed by atoms with Gasteiger partial charge in [0.05, 0.1) is 19.1 Å². The minimum atomic E-state index is -0.0910. The first-order valence-corrected chi connectivity index (χ1v) is 11.6. The van der Waals surface area contributed by atoms with Crippen molar-refractivity contribution in [3.63, 3.8) is 0 Å². The molecule has 0 bridgehead atoms. The molecule has 0 spiro atoms. The Labute approximate surface area is 196 Å². The van der Waals surface area contributed by atoms with Crippen LogP contribution in [0.5, 0.6) is 17.2 Å². The summed E-state index contributed by atoms with van der Waals surface area (Å²) < 4.78 is 10.5. The van der Waals surface area contributed by atoms with E-state index in [1.807, 2.05) is 0 Å². The molecule has 2 aromatic rings. The van der Waals surface area contributed by atoms with E-state index in [4.69, 9.17) is 26.1 Å². The number of pyridine rings is 1. The van der Waals surface area contributed by atoms with E-state index in [0.29, 0.717) is 26.5 Å². The minimum Gasteiger partial charge on any atom is -0.502 e. The molecule has 0 unspecified atom stereocenters. The third kappa shape index (κ3) is 4.56. The Balaban J connectivity index is 1.74. The second-order valence-corrected chi connectivity index (χ2v) is 8.93. The Hall–Kier alpha value is -2.71. The second kappa shape index (κ2) is 9.83. The monoisotopic (exact) mass is 473 g/mol. The molecule has 32 heavy (non-hydrogen) atoms. The van der Waals surface area contributed by atoms with E-state index in [1.165, 1.54) is 32.4 Å². The Bertz CT molecular complexity index is 1060. The van der Waals surface area contributed by atoms with E-state index < -0.39 is 0 Å². The third-order valence-electron chi connectivity index (χ3n) is 5.53. The van der Waals surface area contributed by atoms with Crippen molar-refractivity contribution in [3.8, 4) is 17.2 Å². The smallest absolute Gasteiger partial charge is 0.267 e. The van der Waals surface area contributed by atoms with Crippen molar-refractivity contribution < 1.29 is 19.4 Å². The first kappa shape index (κ1) is 22.5. The third-order valence-corrected chi connectivity index (χ3v) is 6.81. The number of benzene rings is 1. The number of halogens is 1. The van der Waals surface area contributed by atoms with E-state index in [0.717, 1.165) is 25.7 Å². The summed E-state index contributed by atoms with van der Waals surface area (Å²) in [7, 11) is 2.93. The summed E-state index contributed by atoms with van der Waals surface area (Å²) in [5.41, 5.74) is 1.20. The van der Waals surface area contributed by atoms with Gasteiger partial charge >= 0.3 is 0 Å². The van der Waals surface area contributed by atoms with E-state index in [1.54, 1.807) is 41.4 Å². The highest BCUT2D eigenvalue weighted by molar-refractivity contribution is 8.18. The van der Waals surface area contributed by atoms with Gasteiger partial charge in [-0.3, -0.25) is 9.69 Å². The molecular weight excluding hydrogens is 450 g/mol. The summed E-state index contributed by atoms with van der Waals surface area (Å²) in [4.78, 5) is 24.6. The number of thioether (sulfide) groups is 1. The molecule has 1 aliphatic heterocycles. The summed E-state index contributed by atoms with van der Waals surface area (Å²) in [5.74, 6) is 0.366. The zero-order chi connectivity index (χ0) is 22.7. The fraction of sp³-hybridized carbons (Fsp3) is 0.348. The first-order chi connectivity index (χ1) is 15.5. The molecular formula is C23H24ClN3O4S. The molecule has 1 amide bonds. The van der Waals surface area contributed by atoms with Gasteiger partial charge in [-0.25, -0.2) is 9.98 Å². The lowest BCUT2D eigenvalue weighted by Gasteiger charge is -2.30. The van der Waals surface area contributed by atoms with Crippen molar-refractivity contribution in [3.05, 3.63) is 46.1 Å². The maximum Gasteiger partial charge on any atom is 0.267 e. The lowest BCUT2D eigenvalue weighted by Crippen LogP contribution is -2.40. The number of methoxy groups -OCH3 is 2. The molecule has 1 aromatic carbocycles. The number of phenols is 1. The lowest BCUT2D eigenvalue weighted by molar-refractivity contribution is -0.124. The molecule has 9 heteroatoms. The quantitative estimate of drug-likeness (QED) is 0.462. The van der Waals surface area contributed by atoms with E-state index in [9.17, 15) is 9.90 Å². The van der Waals surface area contributed by atoms with Gasteiger partial charge in [-0.15, -0.1) is 0 Å². The number of aromatic hydroxyl groups is 1. The molecule has 4 rings (SSSR count). The standard InChI is InChI=1S/C23H24ClN3O4S/c1-30-17-11-14(12-18(31-2)20(17)28)13-19-22(29)27(15-7-4-3-5-8-15)23(32-19)26-16-9-6-10-25-21(16)24/h6,9-13,15,28H,3-5,7-8H2,1-2H3/b19-13-,26-23?. The molecule has 1 aliphatic carbocycles. The maximum absolute atomic E-state index is 13.5. The summed E-state index contributed by atoms with van der Waals surface area (Å²) in [6.45, 7) is 0. The number of amidine groups is 1. The SMILES string of the molecule is COc1cc(/C=C2\SC(=Nc3cccnc3Cl)N(C3CCCCC3)C2=O)cc(OC)c1O. The highest BCUT2D eigenvalue weighted by Gasteiger charge is 2.38. The maximum atomic E-state index is 13.5. The minimum absolute atomic E-state index is 0.0835. The van der Waals surface area contributed by atoms with E-state index >= 15 is 0 Å². The molecule has 1 aromatic heterocycles. The Morgan fingerprint density at radius 1 is 1.22 bits per heavy atom. The van der Waals surface area contributed by atoms with Crippen molar-refractivity contribution in [1.82, 2.24) is 9.88 Å². The second-order valence-electron chi connectivity index (χ2n) is 7.56. The molecule has 2 heterocycles. The van der Waals surface area contributed by atoms with Crippen LogP contribution in [0.2, 0.25) is 5.15 Å². The van der Waals surface area contributed by atoms with Crippen LogP contribution in [0, 0.1) is 0 Å². The Morgan fingerprint density at radius 3 is 2.53 bits per heavy atom. The van der Waals surface area contributed by atoms with Crippen molar-refractivity contribution in [2.75, 3.05) is 14.2 Å². The van der Waals surface area contributed by atoms with Gasteiger partial charge in [-0.2, -0.15) is 0 Å². The van der Waals surface area contributed by atoms with Crippen LogP contribution >= 0.6 is 23.4 Å². The highest BCUT2D eigenvalue weighted by atomic mass is 35.5. The predicted molar refractivity (Wildman–Crippen MR) is 127 cm³/mol. The topological polar surface area (TPSA) is 84.3 Å². The van der Waals surface area contributed by atoms with Gasteiger partial charge in [0, 0.05) is 12.2 Å². The van der Waals surface area contributed by atoms with Gasteiger partial charge in [-0.05, 0) is 60.5 Å². The first-order valence-electron chi connectivity index (χ1n) is 10.4. The average Bonchev–Trinajstić information content (AvgIpc) is 3.11. The number of phenolic OH excluding ortho intramolecular Hbond substituents is 1. The summed E-state index contributed by atoms with van der Waals surface area (Å²) >= 11 is 7.53. The summed E-state index contributed by atoms with van der Waals surface area (Å²) in [6.07, 6.45) is 8.62. The van der Waals surface area contributed by atoms with Crippen molar-refractivity contribution in [1.29, 1.82) is 0 Å². The van der Waals surface area contributed by atoms with Crippen molar-refractivity contribution >= 4 is 46.2 Å². The molecule has 1 saturated carbocycles. The molecule has 2 aliphatic rings. The predicted octanol–water partition coefficient (Wildman–Crippen LogP) is 5.39. The van der Waals surface area contributed by atoms with Crippen molar-refractivity contribution in [2.24, 2.45) is 4.99 Å². The number of ether oxygens (including phenoxy) is 2. The van der Waals surface area contributed by atoms with Crippen LogP contribution in [0.15, 0.2) is 40.4 Å². The Morgan fingerprint density at radius 2 is 1.91 bits per heavy atom. The number of carbonyl (C=O) groups is 1.